The highest BCUT2D eigenvalue weighted by molar-refractivity contribution is 6.06. The van der Waals surface area contributed by atoms with Crippen molar-refractivity contribution in [2.75, 3.05) is 11.9 Å². The number of benzene rings is 2. The van der Waals surface area contributed by atoms with Crippen molar-refractivity contribution in [2.45, 2.75) is 39.2 Å². The number of anilines is 1. The van der Waals surface area contributed by atoms with Crippen molar-refractivity contribution >= 4 is 17.6 Å². The van der Waals surface area contributed by atoms with E-state index in [1.807, 2.05) is 54.6 Å². The minimum absolute atomic E-state index is 0.133. The molecule has 0 saturated heterocycles. The zero-order valence-electron chi connectivity index (χ0n) is 16.2. The van der Waals surface area contributed by atoms with Gasteiger partial charge in [0.05, 0.1) is 6.61 Å². The molecule has 0 radical (unpaired) electrons. The van der Waals surface area contributed by atoms with Gasteiger partial charge in [-0.15, -0.1) is 0 Å². The second-order valence-electron chi connectivity index (χ2n) is 6.63. The van der Waals surface area contributed by atoms with E-state index < -0.39 is 18.0 Å². The summed E-state index contributed by atoms with van der Waals surface area (Å²) in [5.74, 6) is -1.11. The van der Waals surface area contributed by atoms with Crippen molar-refractivity contribution in [1.29, 1.82) is 0 Å². The number of unbranched alkanes of at least 4 members (excludes halogenated alkanes) is 1. The highest BCUT2D eigenvalue weighted by Crippen LogP contribution is 2.36. The van der Waals surface area contributed by atoms with Crippen LogP contribution in [0, 0.1) is 0 Å². The van der Waals surface area contributed by atoms with E-state index >= 15 is 0 Å². The van der Waals surface area contributed by atoms with Crippen molar-refractivity contribution in [2.24, 2.45) is 0 Å². The molecule has 5 nitrogen and oxygen atoms in total. The number of rotatable bonds is 8. The standard InChI is InChI=1S/C23H25NO4/c1-3-5-9-16-12-14-18(15-13-16)24-20-19(22(25)27-4-2)21(28-23(20)26)17-10-7-6-8-11-17/h6-8,10-15,21,24H,3-5,9H2,1-2H3. The summed E-state index contributed by atoms with van der Waals surface area (Å²) in [4.78, 5) is 25.1. The molecule has 0 aliphatic carbocycles. The SMILES string of the molecule is CCCCc1ccc(NC2=C(C(=O)OCC)C(c3ccccc3)OC2=O)cc1. The fraction of sp³-hybridized carbons (Fsp3) is 0.304. The van der Waals surface area contributed by atoms with Crippen molar-refractivity contribution in [3.63, 3.8) is 0 Å². The first-order valence-electron chi connectivity index (χ1n) is 9.67. The number of aryl methyl sites for hydroxylation is 1. The van der Waals surface area contributed by atoms with Gasteiger partial charge in [0.25, 0.3) is 0 Å². The van der Waals surface area contributed by atoms with Crippen LogP contribution in [0.2, 0.25) is 0 Å². The van der Waals surface area contributed by atoms with Gasteiger partial charge in [-0.05, 0) is 43.0 Å². The minimum Gasteiger partial charge on any atom is -0.462 e. The minimum atomic E-state index is -0.779. The molecule has 5 heteroatoms. The summed E-state index contributed by atoms with van der Waals surface area (Å²) in [5, 5.41) is 3.07. The number of hydrogen-bond acceptors (Lipinski definition) is 5. The third-order valence-corrected chi connectivity index (χ3v) is 4.60. The highest BCUT2D eigenvalue weighted by Gasteiger charge is 2.40. The maximum absolute atomic E-state index is 12.6. The molecular weight excluding hydrogens is 354 g/mol. The number of cyclic esters (lactones) is 1. The third-order valence-electron chi connectivity index (χ3n) is 4.60. The molecule has 1 atom stereocenters. The number of hydrogen-bond donors (Lipinski definition) is 1. The number of nitrogens with one attached hydrogen (secondary N) is 1. The molecule has 2 aromatic rings. The van der Waals surface area contributed by atoms with Gasteiger partial charge in [0.1, 0.15) is 11.3 Å². The van der Waals surface area contributed by atoms with Crippen molar-refractivity contribution in [3.8, 4) is 0 Å². The Morgan fingerprint density at radius 1 is 1.07 bits per heavy atom. The lowest BCUT2D eigenvalue weighted by Crippen LogP contribution is -2.16. The van der Waals surface area contributed by atoms with Crippen molar-refractivity contribution < 1.29 is 19.1 Å². The largest absolute Gasteiger partial charge is 0.462 e. The maximum atomic E-state index is 12.6. The van der Waals surface area contributed by atoms with Crippen molar-refractivity contribution in [1.82, 2.24) is 0 Å². The first kappa shape index (κ1) is 19.7. The Labute approximate surface area is 165 Å². The lowest BCUT2D eigenvalue weighted by Gasteiger charge is -2.13. The molecule has 1 heterocycles. The average Bonchev–Trinajstić information content (AvgIpc) is 3.04. The highest BCUT2D eigenvalue weighted by atomic mass is 16.6. The van der Waals surface area contributed by atoms with Crippen LogP contribution in [0.4, 0.5) is 5.69 Å². The molecule has 0 amide bonds. The van der Waals surface area contributed by atoms with Crippen molar-refractivity contribution in [3.05, 3.63) is 77.0 Å². The van der Waals surface area contributed by atoms with Crippen LogP contribution in [-0.4, -0.2) is 18.5 Å². The van der Waals surface area contributed by atoms with E-state index in [0.717, 1.165) is 30.5 Å². The Hall–Kier alpha value is -3.08. The Kier molecular flexibility index (Phi) is 6.48. The van der Waals surface area contributed by atoms with Gasteiger partial charge in [0, 0.05) is 5.69 Å². The Balaban J connectivity index is 1.90. The van der Waals surface area contributed by atoms with E-state index in [1.54, 1.807) is 6.92 Å². The van der Waals surface area contributed by atoms with Crippen LogP contribution in [0.25, 0.3) is 0 Å². The quantitative estimate of drug-likeness (QED) is 0.682. The van der Waals surface area contributed by atoms with Crippen LogP contribution in [-0.2, 0) is 25.5 Å². The topological polar surface area (TPSA) is 64.6 Å². The van der Waals surface area contributed by atoms with E-state index in [-0.39, 0.29) is 17.9 Å². The molecule has 0 spiro atoms. The molecule has 1 unspecified atom stereocenters. The van der Waals surface area contributed by atoms with Crippen LogP contribution in [0.3, 0.4) is 0 Å². The Morgan fingerprint density at radius 3 is 2.43 bits per heavy atom. The molecule has 0 fully saturated rings. The van der Waals surface area contributed by atoms with E-state index in [0.29, 0.717) is 0 Å². The summed E-state index contributed by atoms with van der Waals surface area (Å²) in [5.41, 5.74) is 3.03. The van der Waals surface area contributed by atoms with Gasteiger partial charge >= 0.3 is 11.9 Å². The molecule has 3 rings (SSSR count). The number of carbonyl (C=O) groups is 2. The van der Waals surface area contributed by atoms with Gasteiger partial charge in [-0.2, -0.15) is 0 Å². The molecule has 146 valence electrons. The third kappa shape index (κ3) is 4.42. The second-order valence-corrected chi connectivity index (χ2v) is 6.63. The monoisotopic (exact) mass is 379 g/mol. The molecule has 0 bridgehead atoms. The first-order valence-corrected chi connectivity index (χ1v) is 9.67. The summed E-state index contributed by atoms with van der Waals surface area (Å²) in [7, 11) is 0. The number of ether oxygens (including phenoxy) is 2. The number of carbonyl (C=O) groups excluding carboxylic acids is 2. The molecule has 28 heavy (non-hydrogen) atoms. The predicted octanol–water partition coefficient (Wildman–Crippen LogP) is 4.56. The lowest BCUT2D eigenvalue weighted by atomic mass is 10.0. The molecular formula is C23H25NO4. The van der Waals surface area contributed by atoms with Gasteiger partial charge in [0.15, 0.2) is 6.10 Å². The van der Waals surface area contributed by atoms with Gasteiger partial charge in [0.2, 0.25) is 0 Å². The Morgan fingerprint density at radius 2 is 1.79 bits per heavy atom. The smallest absolute Gasteiger partial charge is 0.356 e. The summed E-state index contributed by atoms with van der Waals surface area (Å²) in [6.07, 6.45) is 2.52. The van der Waals surface area contributed by atoms with Crippen LogP contribution >= 0.6 is 0 Å². The fourth-order valence-corrected chi connectivity index (χ4v) is 3.14. The van der Waals surface area contributed by atoms with Gasteiger partial charge < -0.3 is 14.8 Å². The fourth-order valence-electron chi connectivity index (χ4n) is 3.14. The van der Waals surface area contributed by atoms with E-state index in [2.05, 4.69) is 12.2 Å². The summed E-state index contributed by atoms with van der Waals surface area (Å²) < 4.78 is 10.7. The number of esters is 2. The van der Waals surface area contributed by atoms with Crippen LogP contribution in [0.15, 0.2) is 65.9 Å². The molecule has 2 aromatic carbocycles. The van der Waals surface area contributed by atoms with Gasteiger partial charge in [-0.3, -0.25) is 0 Å². The molecule has 0 saturated carbocycles. The lowest BCUT2D eigenvalue weighted by molar-refractivity contribution is -0.142. The van der Waals surface area contributed by atoms with Crippen LogP contribution in [0.1, 0.15) is 43.9 Å². The molecule has 1 N–H and O–H groups in total. The van der Waals surface area contributed by atoms with Gasteiger partial charge in [-0.1, -0.05) is 55.8 Å². The summed E-state index contributed by atoms with van der Waals surface area (Å²) in [6.45, 7) is 4.11. The molecule has 1 aliphatic heterocycles. The van der Waals surface area contributed by atoms with E-state index in [4.69, 9.17) is 9.47 Å². The zero-order valence-corrected chi connectivity index (χ0v) is 16.2. The maximum Gasteiger partial charge on any atom is 0.356 e. The predicted molar refractivity (Wildman–Crippen MR) is 108 cm³/mol. The average molecular weight is 379 g/mol. The molecule has 1 aliphatic rings. The van der Waals surface area contributed by atoms with Crippen LogP contribution in [0.5, 0.6) is 0 Å². The summed E-state index contributed by atoms with van der Waals surface area (Å²) >= 11 is 0. The normalized spacial score (nSPS) is 16.1. The first-order chi connectivity index (χ1) is 13.6. The van der Waals surface area contributed by atoms with E-state index in [9.17, 15) is 9.59 Å². The van der Waals surface area contributed by atoms with E-state index in [1.165, 1.54) is 5.56 Å². The van der Waals surface area contributed by atoms with Crippen LogP contribution < -0.4 is 5.32 Å². The second kappa shape index (κ2) is 9.22. The zero-order chi connectivity index (χ0) is 19.9. The molecule has 0 aromatic heterocycles. The van der Waals surface area contributed by atoms with Gasteiger partial charge in [-0.25, -0.2) is 9.59 Å². The summed E-state index contributed by atoms with van der Waals surface area (Å²) in [6, 6.07) is 17.1. The Bertz CT molecular complexity index is 856.